The van der Waals surface area contributed by atoms with Gasteiger partial charge in [-0.1, -0.05) is 35.3 Å². The number of piperidine rings is 1. The number of hydrogen-bond acceptors (Lipinski definition) is 3. The Morgan fingerprint density at radius 2 is 2.23 bits per heavy atom. The molecule has 122 valence electrons. The van der Waals surface area contributed by atoms with Gasteiger partial charge < -0.3 is 10.4 Å². The Bertz CT molecular complexity index is 511. The Kier molecular flexibility index (Phi) is 6.96. The van der Waals surface area contributed by atoms with Crippen molar-refractivity contribution in [3.63, 3.8) is 0 Å². The molecule has 2 rings (SSSR count). The van der Waals surface area contributed by atoms with Crippen molar-refractivity contribution in [1.82, 2.24) is 10.2 Å². The number of carbonyl (C=O) groups excluding carboxylic acids is 1. The van der Waals surface area contributed by atoms with Gasteiger partial charge in [-0.05, 0) is 43.4 Å². The first-order chi connectivity index (χ1) is 10.6. The molecule has 0 spiro atoms. The lowest BCUT2D eigenvalue weighted by Crippen LogP contribution is -2.43. The minimum Gasteiger partial charge on any atom is -0.396 e. The second-order valence-corrected chi connectivity index (χ2v) is 6.52. The lowest BCUT2D eigenvalue weighted by Gasteiger charge is -2.31. The summed E-state index contributed by atoms with van der Waals surface area (Å²) < 4.78 is 0. The third-order valence-corrected chi connectivity index (χ3v) is 4.83. The molecule has 1 aromatic carbocycles. The topological polar surface area (TPSA) is 52.6 Å². The molecule has 0 aromatic heterocycles. The summed E-state index contributed by atoms with van der Waals surface area (Å²) in [5.41, 5.74) is 0.938. The van der Waals surface area contributed by atoms with Crippen LogP contribution in [-0.2, 0) is 11.2 Å². The van der Waals surface area contributed by atoms with Crippen LogP contribution in [0.5, 0.6) is 0 Å². The van der Waals surface area contributed by atoms with Gasteiger partial charge in [0.15, 0.2) is 0 Å². The molecule has 1 fully saturated rings. The van der Waals surface area contributed by atoms with E-state index in [-0.39, 0.29) is 12.5 Å². The molecule has 1 aromatic rings. The number of aliphatic hydroxyl groups excluding tert-OH is 1. The summed E-state index contributed by atoms with van der Waals surface area (Å²) in [5, 5.41) is 13.2. The van der Waals surface area contributed by atoms with Crippen molar-refractivity contribution in [2.75, 3.05) is 32.8 Å². The van der Waals surface area contributed by atoms with Gasteiger partial charge >= 0.3 is 0 Å². The van der Waals surface area contributed by atoms with Gasteiger partial charge in [0, 0.05) is 19.7 Å². The minimum absolute atomic E-state index is 0.0109. The largest absolute Gasteiger partial charge is 0.396 e. The Morgan fingerprint density at radius 1 is 1.41 bits per heavy atom. The third kappa shape index (κ3) is 5.13. The van der Waals surface area contributed by atoms with Crippen LogP contribution in [0.4, 0.5) is 0 Å². The molecule has 1 unspecified atom stereocenters. The van der Waals surface area contributed by atoms with Crippen molar-refractivity contribution < 1.29 is 9.90 Å². The van der Waals surface area contributed by atoms with Crippen LogP contribution in [0, 0.1) is 5.92 Å². The molecule has 0 radical (unpaired) electrons. The van der Waals surface area contributed by atoms with E-state index >= 15 is 0 Å². The summed E-state index contributed by atoms with van der Waals surface area (Å²) in [6, 6.07) is 5.52. The number of rotatable bonds is 6. The van der Waals surface area contributed by atoms with E-state index in [1.54, 1.807) is 6.07 Å². The molecule has 0 saturated carbocycles. The van der Waals surface area contributed by atoms with Crippen LogP contribution >= 0.6 is 23.2 Å². The summed E-state index contributed by atoms with van der Waals surface area (Å²) >= 11 is 12.1. The number of aliphatic hydroxyl groups is 1. The smallest absolute Gasteiger partial charge is 0.234 e. The highest BCUT2D eigenvalue weighted by molar-refractivity contribution is 6.42. The molecule has 1 saturated heterocycles. The molecule has 1 atom stereocenters. The van der Waals surface area contributed by atoms with Crippen LogP contribution < -0.4 is 5.32 Å². The van der Waals surface area contributed by atoms with Crippen molar-refractivity contribution in [3.8, 4) is 0 Å². The quantitative estimate of drug-likeness (QED) is 0.832. The van der Waals surface area contributed by atoms with Gasteiger partial charge in [0.1, 0.15) is 0 Å². The molecule has 22 heavy (non-hydrogen) atoms. The molecule has 4 nitrogen and oxygen atoms in total. The van der Waals surface area contributed by atoms with Crippen molar-refractivity contribution >= 4 is 29.1 Å². The molecule has 1 aliphatic rings. The maximum absolute atomic E-state index is 12.0. The second kappa shape index (κ2) is 8.73. The van der Waals surface area contributed by atoms with Gasteiger partial charge in [-0.3, -0.25) is 9.69 Å². The average molecular weight is 345 g/mol. The van der Waals surface area contributed by atoms with Crippen LogP contribution in [0.2, 0.25) is 10.0 Å². The fourth-order valence-corrected chi connectivity index (χ4v) is 3.20. The SMILES string of the molecule is O=C(CN1CCCC(CO)C1)NCCc1cccc(Cl)c1Cl. The van der Waals surface area contributed by atoms with Crippen LogP contribution in [0.1, 0.15) is 18.4 Å². The highest BCUT2D eigenvalue weighted by atomic mass is 35.5. The number of carbonyl (C=O) groups is 1. The van der Waals surface area contributed by atoms with E-state index in [0.717, 1.165) is 31.5 Å². The van der Waals surface area contributed by atoms with E-state index < -0.39 is 0 Å². The summed E-state index contributed by atoms with van der Waals surface area (Å²) in [5.74, 6) is 0.309. The zero-order valence-electron chi connectivity index (χ0n) is 12.5. The zero-order chi connectivity index (χ0) is 15.9. The lowest BCUT2D eigenvalue weighted by molar-refractivity contribution is -0.122. The predicted octanol–water partition coefficient (Wildman–Crippen LogP) is 2.36. The first-order valence-corrected chi connectivity index (χ1v) is 8.38. The van der Waals surface area contributed by atoms with E-state index in [1.165, 1.54) is 0 Å². The van der Waals surface area contributed by atoms with Gasteiger partial charge in [-0.25, -0.2) is 0 Å². The van der Waals surface area contributed by atoms with E-state index in [1.807, 2.05) is 12.1 Å². The Labute approximate surface area is 141 Å². The number of hydrogen-bond donors (Lipinski definition) is 2. The normalized spacial score (nSPS) is 19.1. The van der Waals surface area contributed by atoms with Crippen LogP contribution in [0.25, 0.3) is 0 Å². The van der Waals surface area contributed by atoms with Gasteiger partial charge in [0.2, 0.25) is 5.91 Å². The van der Waals surface area contributed by atoms with Crippen molar-refractivity contribution in [2.24, 2.45) is 5.92 Å². The Balaban J connectivity index is 1.72. The third-order valence-electron chi connectivity index (χ3n) is 3.98. The van der Waals surface area contributed by atoms with Gasteiger partial charge in [-0.2, -0.15) is 0 Å². The monoisotopic (exact) mass is 344 g/mol. The van der Waals surface area contributed by atoms with E-state index in [9.17, 15) is 9.90 Å². The zero-order valence-corrected chi connectivity index (χ0v) is 14.0. The molecular weight excluding hydrogens is 323 g/mol. The van der Waals surface area contributed by atoms with E-state index in [0.29, 0.717) is 35.5 Å². The standard InChI is InChI=1S/C16H22Cl2N2O2/c17-14-5-1-4-13(16(14)18)6-7-19-15(22)10-20-8-2-3-12(9-20)11-21/h1,4-5,12,21H,2-3,6-11H2,(H,19,22). The highest BCUT2D eigenvalue weighted by Gasteiger charge is 2.20. The maximum Gasteiger partial charge on any atom is 0.234 e. The van der Waals surface area contributed by atoms with E-state index in [4.69, 9.17) is 23.2 Å². The summed E-state index contributed by atoms with van der Waals surface area (Å²) in [4.78, 5) is 14.1. The molecule has 1 aliphatic heterocycles. The minimum atomic E-state index is 0.0109. The first-order valence-electron chi connectivity index (χ1n) is 7.63. The number of likely N-dealkylation sites (tertiary alicyclic amines) is 1. The predicted molar refractivity (Wildman–Crippen MR) is 89.4 cm³/mol. The van der Waals surface area contributed by atoms with Crippen molar-refractivity contribution in [1.29, 1.82) is 0 Å². The van der Waals surface area contributed by atoms with Crippen molar-refractivity contribution in [3.05, 3.63) is 33.8 Å². The molecule has 1 amide bonds. The Hall–Kier alpha value is -0.810. The number of nitrogens with zero attached hydrogens (tertiary/aromatic N) is 1. The second-order valence-electron chi connectivity index (χ2n) is 5.74. The van der Waals surface area contributed by atoms with E-state index in [2.05, 4.69) is 10.2 Å². The molecular formula is C16H22Cl2N2O2. The summed E-state index contributed by atoms with van der Waals surface area (Å²) in [7, 11) is 0. The number of nitrogens with one attached hydrogen (secondary N) is 1. The lowest BCUT2D eigenvalue weighted by atomic mass is 9.99. The number of amides is 1. The fourth-order valence-electron chi connectivity index (χ4n) is 2.78. The van der Waals surface area contributed by atoms with Crippen LogP contribution in [-0.4, -0.2) is 48.7 Å². The molecule has 2 N–H and O–H groups in total. The van der Waals surface area contributed by atoms with Crippen LogP contribution in [0.3, 0.4) is 0 Å². The summed E-state index contributed by atoms with van der Waals surface area (Å²) in [6.07, 6.45) is 2.74. The molecule has 0 bridgehead atoms. The molecule has 1 heterocycles. The van der Waals surface area contributed by atoms with Crippen LogP contribution in [0.15, 0.2) is 18.2 Å². The maximum atomic E-state index is 12.0. The molecule has 0 aliphatic carbocycles. The van der Waals surface area contributed by atoms with Gasteiger partial charge in [-0.15, -0.1) is 0 Å². The number of benzene rings is 1. The van der Waals surface area contributed by atoms with Gasteiger partial charge in [0.25, 0.3) is 0 Å². The number of halogens is 2. The fraction of sp³-hybridized carbons (Fsp3) is 0.562. The highest BCUT2D eigenvalue weighted by Crippen LogP contribution is 2.25. The first kappa shape index (κ1) is 17.5. The summed E-state index contributed by atoms with van der Waals surface area (Å²) in [6.45, 7) is 2.84. The Morgan fingerprint density at radius 3 is 3.00 bits per heavy atom. The average Bonchev–Trinajstić information content (AvgIpc) is 2.51. The van der Waals surface area contributed by atoms with Gasteiger partial charge in [0.05, 0.1) is 16.6 Å². The van der Waals surface area contributed by atoms with Crippen molar-refractivity contribution in [2.45, 2.75) is 19.3 Å². The molecule has 6 heteroatoms.